The van der Waals surface area contributed by atoms with Crippen molar-refractivity contribution in [2.45, 2.75) is 42.0 Å². The van der Waals surface area contributed by atoms with E-state index in [0.717, 1.165) is 23.3 Å². The van der Waals surface area contributed by atoms with Gasteiger partial charge in [-0.05, 0) is 48.2 Å². The Kier molecular flexibility index (Phi) is 4.48. The van der Waals surface area contributed by atoms with Crippen LogP contribution in [0.25, 0.3) is 11.1 Å². The minimum atomic E-state index is -4.28. The Morgan fingerprint density at radius 2 is 1.55 bits per heavy atom. The van der Waals surface area contributed by atoms with Crippen molar-refractivity contribution in [1.29, 1.82) is 0 Å². The normalized spacial score (nSPS) is 16.1. The molecule has 0 N–H and O–H groups in total. The molecule has 1 aliphatic rings. The van der Waals surface area contributed by atoms with Gasteiger partial charge in [0.25, 0.3) is 0 Å². The summed E-state index contributed by atoms with van der Waals surface area (Å²) >= 11 is 1.89. The van der Waals surface area contributed by atoms with E-state index in [1.54, 1.807) is 12.1 Å². The lowest BCUT2D eigenvalue weighted by atomic mass is 10.0. The molecule has 2 aromatic carbocycles. The molecule has 0 amide bonds. The van der Waals surface area contributed by atoms with Gasteiger partial charge in [0.2, 0.25) is 0 Å². The second-order valence-corrected chi connectivity index (χ2v) is 7.00. The van der Waals surface area contributed by atoms with Gasteiger partial charge in [0.1, 0.15) is 0 Å². The lowest BCUT2D eigenvalue weighted by Gasteiger charge is -2.11. The first-order valence-electron chi connectivity index (χ1n) is 7.47. The molecule has 0 aromatic heterocycles. The van der Waals surface area contributed by atoms with Gasteiger partial charge in [-0.15, -0.1) is 11.8 Å². The van der Waals surface area contributed by atoms with E-state index in [9.17, 15) is 13.2 Å². The molecule has 3 rings (SSSR count). The van der Waals surface area contributed by atoms with Gasteiger partial charge < -0.3 is 0 Å². The summed E-state index contributed by atoms with van der Waals surface area (Å²) < 4.78 is 37.8. The van der Waals surface area contributed by atoms with E-state index in [2.05, 4.69) is 12.1 Å². The summed E-state index contributed by atoms with van der Waals surface area (Å²) in [5, 5.41) is 0.683. The van der Waals surface area contributed by atoms with Crippen molar-refractivity contribution in [3.63, 3.8) is 0 Å². The van der Waals surface area contributed by atoms with Gasteiger partial charge in [-0.3, -0.25) is 0 Å². The second kappa shape index (κ2) is 6.37. The first-order chi connectivity index (χ1) is 10.5. The van der Waals surface area contributed by atoms with Crippen LogP contribution in [0.15, 0.2) is 53.4 Å². The fourth-order valence-electron chi connectivity index (χ4n) is 2.80. The molecular weight excluding hydrogens is 305 g/mol. The van der Waals surface area contributed by atoms with Gasteiger partial charge in [0, 0.05) is 10.1 Å². The van der Waals surface area contributed by atoms with Gasteiger partial charge >= 0.3 is 6.18 Å². The summed E-state index contributed by atoms with van der Waals surface area (Å²) in [6.07, 6.45) is 0.843. The molecule has 0 nitrogen and oxygen atoms in total. The van der Waals surface area contributed by atoms with E-state index in [1.165, 1.54) is 30.6 Å². The molecule has 2 aromatic rings. The molecular formula is C18H17F3S. The van der Waals surface area contributed by atoms with Crippen molar-refractivity contribution < 1.29 is 13.2 Å². The van der Waals surface area contributed by atoms with Crippen LogP contribution in [0.4, 0.5) is 13.2 Å². The van der Waals surface area contributed by atoms with E-state index >= 15 is 0 Å². The molecule has 0 atom stereocenters. The summed E-state index contributed by atoms with van der Waals surface area (Å²) in [5.41, 5.74) is 1.19. The van der Waals surface area contributed by atoms with Crippen LogP contribution in [0.3, 0.4) is 0 Å². The minimum Gasteiger partial charge on any atom is -0.166 e. The molecule has 0 aliphatic heterocycles. The lowest BCUT2D eigenvalue weighted by molar-refractivity contribution is -0.137. The molecule has 0 saturated heterocycles. The Morgan fingerprint density at radius 3 is 2.18 bits per heavy atom. The molecule has 22 heavy (non-hydrogen) atoms. The smallest absolute Gasteiger partial charge is 0.166 e. The summed E-state index contributed by atoms with van der Waals surface area (Å²) in [6, 6.07) is 13.5. The summed E-state index contributed by atoms with van der Waals surface area (Å²) in [6.45, 7) is 0. The predicted molar refractivity (Wildman–Crippen MR) is 85.0 cm³/mol. The quantitative estimate of drug-likeness (QED) is 0.629. The van der Waals surface area contributed by atoms with Gasteiger partial charge in [-0.2, -0.15) is 13.2 Å². The molecule has 1 fully saturated rings. The Balaban J connectivity index is 1.79. The third-order valence-corrected chi connectivity index (χ3v) is 5.32. The van der Waals surface area contributed by atoms with Crippen LogP contribution in [0, 0.1) is 0 Å². The van der Waals surface area contributed by atoms with Gasteiger partial charge in [-0.1, -0.05) is 37.1 Å². The third kappa shape index (κ3) is 3.67. The SMILES string of the molecule is FC(F)(F)c1ccc(-c2cccc(SC3CCCC3)c2)cc1. The number of benzene rings is 2. The zero-order valence-corrected chi connectivity index (χ0v) is 12.9. The average Bonchev–Trinajstić information content (AvgIpc) is 3.00. The van der Waals surface area contributed by atoms with E-state index in [-0.39, 0.29) is 0 Å². The van der Waals surface area contributed by atoms with Crippen LogP contribution in [0.2, 0.25) is 0 Å². The highest BCUT2D eigenvalue weighted by Gasteiger charge is 2.29. The minimum absolute atomic E-state index is 0.604. The van der Waals surface area contributed by atoms with E-state index in [4.69, 9.17) is 0 Å². The molecule has 1 saturated carbocycles. The van der Waals surface area contributed by atoms with Crippen LogP contribution in [0.1, 0.15) is 31.2 Å². The molecule has 0 spiro atoms. The molecule has 4 heteroatoms. The Morgan fingerprint density at radius 1 is 0.864 bits per heavy atom. The number of thioether (sulfide) groups is 1. The molecule has 0 unspecified atom stereocenters. The van der Waals surface area contributed by atoms with Gasteiger partial charge in [0.05, 0.1) is 5.56 Å². The maximum absolute atomic E-state index is 12.6. The van der Waals surface area contributed by atoms with E-state index < -0.39 is 11.7 Å². The largest absolute Gasteiger partial charge is 0.416 e. The van der Waals surface area contributed by atoms with Crippen molar-refractivity contribution in [2.75, 3.05) is 0 Å². The number of alkyl halides is 3. The van der Waals surface area contributed by atoms with Crippen molar-refractivity contribution in [3.8, 4) is 11.1 Å². The van der Waals surface area contributed by atoms with Crippen LogP contribution in [-0.2, 0) is 6.18 Å². The van der Waals surface area contributed by atoms with E-state index in [0.29, 0.717) is 5.25 Å². The fourth-order valence-corrected chi connectivity index (χ4v) is 4.11. The zero-order chi connectivity index (χ0) is 15.6. The average molecular weight is 322 g/mol. The van der Waals surface area contributed by atoms with Crippen molar-refractivity contribution in [3.05, 3.63) is 54.1 Å². The molecule has 116 valence electrons. The topological polar surface area (TPSA) is 0 Å². The highest BCUT2D eigenvalue weighted by molar-refractivity contribution is 8.00. The van der Waals surface area contributed by atoms with Gasteiger partial charge in [-0.25, -0.2) is 0 Å². The summed E-state index contributed by atoms with van der Waals surface area (Å²) in [4.78, 5) is 1.20. The number of hydrogen-bond donors (Lipinski definition) is 0. The van der Waals surface area contributed by atoms with Crippen molar-refractivity contribution in [2.24, 2.45) is 0 Å². The maximum atomic E-state index is 12.6. The molecule has 0 heterocycles. The fraction of sp³-hybridized carbons (Fsp3) is 0.333. The van der Waals surface area contributed by atoms with E-state index in [1.807, 2.05) is 23.9 Å². The maximum Gasteiger partial charge on any atom is 0.416 e. The highest BCUT2D eigenvalue weighted by Crippen LogP contribution is 2.36. The molecule has 1 aliphatic carbocycles. The van der Waals surface area contributed by atoms with Crippen LogP contribution in [0.5, 0.6) is 0 Å². The lowest BCUT2D eigenvalue weighted by Crippen LogP contribution is -2.03. The first-order valence-corrected chi connectivity index (χ1v) is 8.35. The van der Waals surface area contributed by atoms with Gasteiger partial charge in [0.15, 0.2) is 0 Å². The molecule has 0 radical (unpaired) electrons. The Labute approximate surface area is 132 Å². The van der Waals surface area contributed by atoms with Crippen molar-refractivity contribution in [1.82, 2.24) is 0 Å². The number of halogens is 3. The Bertz CT molecular complexity index is 626. The zero-order valence-electron chi connectivity index (χ0n) is 12.1. The summed E-state index contributed by atoms with van der Waals surface area (Å²) in [5.74, 6) is 0. The number of hydrogen-bond acceptors (Lipinski definition) is 1. The van der Waals surface area contributed by atoms with Crippen LogP contribution >= 0.6 is 11.8 Å². The second-order valence-electron chi connectivity index (χ2n) is 5.63. The monoisotopic (exact) mass is 322 g/mol. The standard InChI is InChI=1S/C18H17F3S/c19-18(20,21)15-10-8-13(9-11-15)14-4-3-7-17(12-14)22-16-5-1-2-6-16/h3-4,7-12,16H,1-2,5-6H2. The third-order valence-electron chi connectivity index (χ3n) is 3.98. The summed E-state index contributed by atoms with van der Waals surface area (Å²) in [7, 11) is 0. The van der Waals surface area contributed by atoms with Crippen molar-refractivity contribution >= 4 is 11.8 Å². The highest BCUT2D eigenvalue weighted by atomic mass is 32.2. The number of rotatable bonds is 3. The van der Waals surface area contributed by atoms with Crippen LogP contribution in [-0.4, -0.2) is 5.25 Å². The molecule has 0 bridgehead atoms. The predicted octanol–water partition coefficient (Wildman–Crippen LogP) is 6.41. The Hall–Kier alpha value is -1.42. The van der Waals surface area contributed by atoms with Crippen LogP contribution < -0.4 is 0 Å². The first kappa shape index (κ1) is 15.5.